The third-order valence-electron chi connectivity index (χ3n) is 2.31. The molecule has 1 atom stereocenters. The molecule has 18 heavy (non-hydrogen) atoms. The first-order valence-electron chi connectivity index (χ1n) is 5.90. The highest BCUT2D eigenvalue weighted by Gasteiger charge is 2.05. The number of hydrogen-bond donors (Lipinski definition) is 2. The van der Waals surface area contributed by atoms with Gasteiger partial charge in [-0.15, -0.1) is 0 Å². The van der Waals surface area contributed by atoms with Crippen LogP contribution in [0.5, 0.6) is 5.75 Å². The van der Waals surface area contributed by atoms with E-state index in [9.17, 15) is 4.79 Å². The van der Waals surface area contributed by atoms with Gasteiger partial charge in [-0.25, -0.2) is 0 Å². The summed E-state index contributed by atoms with van der Waals surface area (Å²) in [5.74, 6) is 0.735. The van der Waals surface area contributed by atoms with Crippen LogP contribution in [0.3, 0.4) is 0 Å². The zero-order chi connectivity index (χ0) is 13.4. The van der Waals surface area contributed by atoms with Crippen molar-refractivity contribution >= 4 is 21.8 Å². The number of halogens is 1. The third kappa shape index (κ3) is 6.02. The van der Waals surface area contributed by atoms with Crippen LogP contribution in [0.2, 0.25) is 0 Å². The molecule has 1 aromatic carbocycles. The van der Waals surface area contributed by atoms with Gasteiger partial charge < -0.3 is 15.2 Å². The normalized spacial score (nSPS) is 11.9. The minimum absolute atomic E-state index is 0.0405. The Labute approximate surface area is 115 Å². The lowest BCUT2D eigenvalue weighted by Crippen LogP contribution is -2.34. The highest BCUT2D eigenvalue weighted by atomic mass is 79.9. The van der Waals surface area contributed by atoms with Crippen molar-refractivity contribution in [2.24, 2.45) is 0 Å². The van der Waals surface area contributed by atoms with Gasteiger partial charge in [0.25, 0.3) is 0 Å². The molecule has 1 amide bonds. The summed E-state index contributed by atoms with van der Waals surface area (Å²) in [7, 11) is 0. The minimum atomic E-state index is -0.190. The van der Waals surface area contributed by atoms with Crippen LogP contribution in [-0.2, 0) is 4.79 Å². The quantitative estimate of drug-likeness (QED) is 0.758. The molecule has 0 aliphatic carbocycles. The van der Waals surface area contributed by atoms with Crippen molar-refractivity contribution in [2.75, 3.05) is 13.2 Å². The number of ether oxygens (including phenoxy) is 1. The molecule has 0 saturated carbocycles. The zero-order valence-corrected chi connectivity index (χ0v) is 11.9. The lowest BCUT2D eigenvalue weighted by molar-refractivity contribution is -0.122. The van der Waals surface area contributed by atoms with Crippen LogP contribution in [0.4, 0.5) is 0 Å². The molecule has 1 aromatic rings. The van der Waals surface area contributed by atoms with E-state index in [1.807, 2.05) is 24.3 Å². The summed E-state index contributed by atoms with van der Waals surface area (Å²) in [5, 5.41) is 11.5. The fourth-order valence-electron chi connectivity index (χ4n) is 1.35. The van der Waals surface area contributed by atoms with E-state index in [0.717, 1.165) is 10.2 Å². The van der Waals surface area contributed by atoms with Crippen LogP contribution in [0, 0.1) is 0 Å². The summed E-state index contributed by atoms with van der Waals surface area (Å²) in [5.41, 5.74) is 0. The number of benzene rings is 1. The molecule has 4 nitrogen and oxygen atoms in total. The van der Waals surface area contributed by atoms with E-state index in [1.165, 1.54) is 0 Å². The predicted octanol–water partition coefficient (Wildman–Crippen LogP) is 2.11. The van der Waals surface area contributed by atoms with E-state index in [2.05, 4.69) is 21.2 Å². The second-order valence-corrected chi connectivity index (χ2v) is 4.97. The first-order chi connectivity index (χ1) is 8.61. The maximum atomic E-state index is 11.4. The Morgan fingerprint density at radius 2 is 2.11 bits per heavy atom. The largest absolute Gasteiger partial charge is 0.494 e. The molecule has 0 aliphatic heterocycles. The summed E-state index contributed by atoms with van der Waals surface area (Å²) in [4.78, 5) is 11.4. The second kappa shape index (κ2) is 8.11. The summed E-state index contributed by atoms with van der Waals surface area (Å²) >= 11 is 3.35. The van der Waals surface area contributed by atoms with Crippen LogP contribution in [0.15, 0.2) is 28.7 Å². The van der Waals surface area contributed by atoms with Crippen LogP contribution in [0.1, 0.15) is 19.8 Å². The average Bonchev–Trinajstić information content (AvgIpc) is 2.36. The van der Waals surface area contributed by atoms with Crippen molar-refractivity contribution in [2.45, 2.75) is 25.8 Å². The lowest BCUT2D eigenvalue weighted by atomic mass is 10.2. The molecule has 0 unspecified atom stereocenters. The van der Waals surface area contributed by atoms with E-state index >= 15 is 0 Å². The van der Waals surface area contributed by atoms with Gasteiger partial charge in [0.15, 0.2) is 0 Å². The molecule has 0 spiro atoms. The fourth-order valence-corrected chi connectivity index (χ4v) is 1.61. The van der Waals surface area contributed by atoms with E-state index < -0.39 is 0 Å². The molecule has 2 N–H and O–H groups in total. The summed E-state index contributed by atoms with van der Waals surface area (Å²) in [6, 6.07) is 7.37. The van der Waals surface area contributed by atoms with Gasteiger partial charge in [-0.1, -0.05) is 15.9 Å². The Balaban J connectivity index is 2.15. The molecule has 0 bridgehead atoms. The summed E-state index contributed by atoms with van der Waals surface area (Å²) in [6.45, 7) is 2.22. The summed E-state index contributed by atoms with van der Waals surface area (Å²) < 4.78 is 6.50. The highest BCUT2D eigenvalue weighted by Crippen LogP contribution is 2.16. The summed E-state index contributed by atoms with van der Waals surface area (Å²) in [6.07, 6.45) is 1.06. The molecule has 0 heterocycles. The van der Waals surface area contributed by atoms with Crippen molar-refractivity contribution < 1.29 is 14.6 Å². The van der Waals surface area contributed by atoms with Crippen LogP contribution in [0.25, 0.3) is 0 Å². The smallest absolute Gasteiger partial charge is 0.220 e. The first-order valence-corrected chi connectivity index (χ1v) is 6.69. The van der Waals surface area contributed by atoms with Crippen LogP contribution in [-0.4, -0.2) is 30.3 Å². The first kappa shape index (κ1) is 15.0. The Bertz CT molecular complexity index is 367. The Morgan fingerprint density at radius 1 is 1.44 bits per heavy atom. The monoisotopic (exact) mass is 315 g/mol. The van der Waals surface area contributed by atoms with Gasteiger partial charge in [0, 0.05) is 16.9 Å². The van der Waals surface area contributed by atoms with Gasteiger partial charge in [-0.05, 0) is 37.6 Å². The number of carbonyl (C=O) groups is 1. The van der Waals surface area contributed by atoms with Crippen molar-refractivity contribution in [3.05, 3.63) is 28.7 Å². The van der Waals surface area contributed by atoms with Crippen molar-refractivity contribution in [1.82, 2.24) is 5.32 Å². The van der Waals surface area contributed by atoms with E-state index in [1.54, 1.807) is 6.92 Å². The fraction of sp³-hybridized carbons (Fsp3) is 0.462. The van der Waals surface area contributed by atoms with Crippen molar-refractivity contribution in [3.8, 4) is 5.75 Å². The number of amides is 1. The molecular formula is C13H18BrNO3. The minimum Gasteiger partial charge on any atom is -0.494 e. The third-order valence-corrected chi connectivity index (χ3v) is 2.84. The topological polar surface area (TPSA) is 58.6 Å². The maximum Gasteiger partial charge on any atom is 0.220 e. The van der Waals surface area contributed by atoms with Crippen molar-refractivity contribution in [1.29, 1.82) is 0 Å². The van der Waals surface area contributed by atoms with Gasteiger partial charge in [0.1, 0.15) is 5.75 Å². The number of aliphatic hydroxyl groups excluding tert-OH is 1. The number of aliphatic hydroxyl groups is 1. The zero-order valence-electron chi connectivity index (χ0n) is 10.4. The SMILES string of the molecule is C[C@@H](CO)NC(=O)CCCOc1ccc(Br)cc1. The number of hydrogen-bond acceptors (Lipinski definition) is 3. The van der Waals surface area contributed by atoms with Crippen LogP contribution < -0.4 is 10.1 Å². The predicted molar refractivity (Wildman–Crippen MR) is 73.6 cm³/mol. The van der Waals surface area contributed by atoms with Crippen LogP contribution >= 0.6 is 15.9 Å². The highest BCUT2D eigenvalue weighted by molar-refractivity contribution is 9.10. The lowest BCUT2D eigenvalue weighted by Gasteiger charge is -2.10. The molecule has 0 fully saturated rings. The number of nitrogens with one attached hydrogen (secondary N) is 1. The van der Waals surface area contributed by atoms with Gasteiger partial charge in [-0.2, -0.15) is 0 Å². The maximum absolute atomic E-state index is 11.4. The van der Waals surface area contributed by atoms with Gasteiger partial charge >= 0.3 is 0 Å². The standard InChI is InChI=1S/C13H18BrNO3/c1-10(9-16)15-13(17)3-2-8-18-12-6-4-11(14)5-7-12/h4-7,10,16H,2-3,8-9H2,1H3,(H,15,17)/t10-/m0/s1. The Kier molecular flexibility index (Phi) is 6.75. The average molecular weight is 316 g/mol. The van der Waals surface area contributed by atoms with Gasteiger partial charge in [0.2, 0.25) is 5.91 Å². The molecule has 100 valence electrons. The molecular weight excluding hydrogens is 298 g/mol. The molecule has 5 heteroatoms. The molecule has 0 saturated heterocycles. The van der Waals surface area contributed by atoms with E-state index in [-0.39, 0.29) is 18.6 Å². The number of rotatable bonds is 7. The molecule has 0 aliphatic rings. The van der Waals surface area contributed by atoms with Gasteiger partial charge in [-0.3, -0.25) is 4.79 Å². The van der Waals surface area contributed by atoms with Crippen molar-refractivity contribution in [3.63, 3.8) is 0 Å². The second-order valence-electron chi connectivity index (χ2n) is 4.06. The van der Waals surface area contributed by atoms with E-state index in [4.69, 9.17) is 9.84 Å². The van der Waals surface area contributed by atoms with Gasteiger partial charge in [0.05, 0.1) is 13.2 Å². The number of carbonyl (C=O) groups excluding carboxylic acids is 1. The Hall–Kier alpha value is -1.07. The van der Waals surface area contributed by atoms with E-state index in [0.29, 0.717) is 19.4 Å². The molecule has 0 aromatic heterocycles. The molecule has 1 rings (SSSR count). The Morgan fingerprint density at radius 3 is 2.72 bits per heavy atom. The molecule has 0 radical (unpaired) electrons.